The summed E-state index contributed by atoms with van der Waals surface area (Å²) < 4.78 is 72.2. The zero-order chi connectivity index (χ0) is 15.6. The summed E-state index contributed by atoms with van der Waals surface area (Å²) in [5, 5.41) is 0. The highest BCUT2D eigenvalue weighted by Gasteiger charge is 2.25. The van der Waals surface area contributed by atoms with Crippen LogP contribution in [0.5, 0.6) is 0 Å². The maximum atomic E-state index is 11.8. The van der Waals surface area contributed by atoms with Gasteiger partial charge in [-0.3, -0.25) is 4.55 Å². The largest absolute Gasteiger partial charge is 0.464 e. The molecule has 0 spiro atoms. The lowest BCUT2D eigenvalue weighted by Gasteiger charge is -2.06. The van der Waals surface area contributed by atoms with Gasteiger partial charge in [0.25, 0.3) is 0 Å². The topological polar surface area (TPSA) is 89.9 Å². The Balaban J connectivity index is 3.38. The summed E-state index contributed by atoms with van der Waals surface area (Å²) in [5.74, 6) is -0.945. The molecule has 1 N–H and O–H groups in total. The molecule has 0 bridgehead atoms. The van der Waals surface area contributed by atoms with Gasteiger partial charge in [0, 0.05) is 6.42 Å². The fraction of sp³-hybridized carbons (Fsp3) is 0.900. The molecule has 0 aliphatic rings. The van der Waals surface area contributed by atoms with E-state index in [9.17, 15) is 26.4 Å². The molecular weight excluding hydrogens is 305 g/mol. The van der Waals surface area contributed by atoms with E-state index in [1.54, 1.807) is 0 Å². The smallest absolute Gasteiger partial charge is 0.397 e. The lowest BCUT2D eigenvalue weighted by Crippen LogP contribution is -2.16. The summed E-state index contributed by atoms with van der Waals surface area (Å²) in [4.78, 5) is 10.9. The van der Waals surface area contributed by atoms with Crippen molar-refractivity contribution in [3.05, 3.63) is 0 Å². The number of carbonyl (C=O) groups excluding carboxylic acids is 1. The van der Waals surface area contributed by atoms with Crippen molar-refractivity contribution in [2.75, 3.05) is 13.2 Å². The van der Waals surface area contributed by atoms with Gasteiger partial charge in [-0.25, -0.2) is 8.98 Å². The monoisotopic (exact) mass is 322 g/mol. The molecule has 0 aliphatic heterocycles. The van der Waals surface area contributed by atoms with Crippen LogP contribution in [-0.4, -0.2) is 38.3 Å². The van der Waals surface area contributed by atoms with Crippen molar-refractivity contribution in [3.63, 3.8) is 0 Å². The van der Waals surface area contributed by atoms with E-state index in [1.807, 2.05) is 0 Å². The van der Waals surface area contributed by atoms with Crippen LogP contribution in [0.1, 0.15) is 38.5 Å². The van der Waals surface area contributed by atoms with Gasteiger partial charge in [-0.1, -0.05) is 19.3 Å². The van der Waals surface area contributed by atoms with E-state index in [0.717, 1.165) is 0 Å². The fourth-order valence-electron chi connectivity index (χ4n) is 1.31. The first-order chi connectivity index (χ1) is 9.10. The molecule has 0 heterocycles. The second-order valence-corrected chi connectivity index (χ2v) is 5.13. The van der Waals surface area contributed by atoms with Crippen molar-refractivity contribution in [2.45, 2.75) is 44.7 Å². The van der Waals surface area contributed by atoms with Crippen LogP contribution in [0, 0.1) is 0 Å². The van der Waals surface area contributed by atoms with Gasteiger partial charge in [0.05, 0.1) is 6.61 Å². The first-order valence-electron chi connectivity index (χ1n) is 5.94. The number of ether oxygens (including phenoxy) is 1. The van der Waals surface area contributed by atoms with E-state index in [0.29, 0.717) is 25.7 Å². The van der Waals surface area contributed by atoms with Crippen molar-refractivity contribution in [1.82, 2.24) is 0 Å². The molecule has 6 nitrogen and oxygen atoms in total. The summed E-state index contributed by atoms with van der Waals surface area (Å²) in [5.41, 5.74) is 0. The number of halogens is 3. The van der Waals surface area contributed by atoms with Crippen LogP contribution in [0.3, 0.4) is 0 Å². The van der Waals surface area contributed by atoms with Crippen LogP contribution in [0.25, 0.3) is 0 Å². The Kier molecular flexibility index (Phi) is 8.74. The molecule has 0 aromatic carbocycles. The Bertz CT molecular complexity index is 379. The Labute approximate surface area is 115 Å². The molecule has 120 valence electrons. The van der Waals surface area contributed by atoms with E-state index in [2.05, 4.69) is 8.92 Å². The van der Waals surface area contributed by atoms with Crippen LogP contribution in [-0.2, 0) is 24.1 Å². The van der Waals surface area contributed by atoms with Crippen molar-refractivity contribution in [3.8, 4) is 0 Å². The van der Waals surface area contributed by atoms with E-state index in [4.69, 9.17) is 4.55 Å². The van der Waals surface area contributed by atoms with Crippen LogP contribution >= 0.6 is 0 Å². The fourth-order valence-corrected chi connectivity index (χ4v) is 1.55. The number of alkyl halides is 3. The number of esters is 1. The number of rotatable bonds is 10. The van der Waals surface area contributed by atoms with Gasteiger partial charge >= 0.3 is 22.5 Å². The number of carbonyl (C=O) groups is 1. The molecular formula is C10H17F3O6S. The molecule has 0 unspecified atom stereocenters. The third-order valence-electron chi connectivity index (χ3n) is 2.19. The minimum absolute atomic E-state index is 0.0208. The molecule has 0 saturated carbocycles. The molecule has 10 heteroatoms. The van der Waals surface area contributed by atoms with E-state index >= 15 is 0 Å². The van der Waals surface area contributed by atoms with Gasteiger partial charge in [-0.05, 0) is 12.8 Å². The molecule has 0 radical (unpaired) electrons. The van der Waals surface area contributed by atoms with Gasteiger partial charge in [0.2, 0.25) is 0 Å². The minimum Gasteiger partial charge on any atom is -0.464 e. The van der Waals surface area contributed by atoms with Gasteiger partial charge < -0.3 is 4.74 Å². The van der Waals surface area contributed by atoms with Gasteiger partial charge in [-0.15, -0.1) is 0 Å². The predicted molar refractivity (Wildman–Crippen MR) is 62.2 cm³/mol. The van der Waals surface area contributed by atoms with Crippen LogP contribution in [0.2, 0.25) is 0 Å². The van der Waals surface area contributed by atoms with Crippen molar-refractivity contribution in [2.24, 2.45) is 0 Å². The summed E-state index contributed by atoms with van der Waals surface area (Å²) in [6.45, 7) is -0.892. The lowest BCUT2D eigenvalue weighted by molar-refractivity contribution is -0.146. The van der Waals surface area contributed by atoms with Gasteiger partial charge in [0.15, 0.2) is 6.61 Å². The zero-order valence-electron chi connectivity index (χ0n) is 10.7. The molecule has 20 heavy (non-hydrogen) atoms. The molecule has 0 fully saturated rings. The standard InChI is InChI=1S/C10H17F3O6S/c11-10(12,13)6-4-2-1-3-5-7-18-9(14)8-19-20(15,16)17/h1-8H2,(H,15,16,17). The van der Waals surface area contributed by atoms with Crippen molar-refractivity contribution < 1.29 is 39.9 Å². The third kappa shape index (κ3) is 15.2. The molecule has 0 amide bonds. The SMILES string of the molecule is O=C(COS(=O)(=O)O)OCCCCCCCC(F)(F)F. The minimum atomic E-state index is -4.67. The van der Waals surface area contributed by atoms with Crippen molar-refractivity contribution >= 4 is 16.4 Å². The molecule has 0 aliphatic carbocycles. The van der Waals surface area contributed by atoms with Gasteiger partial charge in [0.1, 0.15) is 0 Å². The first kappa shape index (κ1) is 19.1. The highest BCUT2D eigenvalue weighted by Crippen LogP contribution is 2.22. The Hall–Kier alpha value is -0.870. The van der Waals surface area contributed by atoms with Crippen LogP contribution in [0.15, 0.2) is 0 Å². The highest BCUT2D eigenvalue weighted by molar-refractivity contribution is 7.80. The number of hydrogen-bond donors (Lipinski definition) is 1. The van der Waals surface area contributed by atoms with E-state index in [1.165, 1.54) is 0 Å². The van der Waals surface area contributed by atoms with Crippen LogP contribution in [0.4, 0.5) is 13.2 Å². The normalized spacial score (nSPS) is 12.4. The van der Waals surface area contributed by atoms with Crippen LogP contribution < -0.4 is 0 Å². The lowest BCUT2D eigenvalue weighted by atomic mass is 10.1. The number of hydrogen-bond acceptors (Lipinski definition) is 5. The summed E-state index contributed by atoms with van der Waals surface area (Å²) in [6.07, 6.45) is -2.74. The first-order valence-corrected chi connectivity index (χ1v) is 7.31. The quantitative estimate of drug-likeness (QED) is 0.377. The average Bonchev–Trinajstić information content (AvgIpc) is 2.27. The Morgan fingerprint density at radius 2 is 1.60 bits per heavy atom. The Morgan fingerprint density at radius 3 is 2.15 bits per heavy atom. The Morgan fingerprint density at radius 1 is 1.05 bits per heavy atom. The molecule has 0 atom stereocenters. The molecule has 0 aromatic rings. The van der Waals surface area contributed by atoms with E-state index in [-0.39, 0.29) is 13.0 Å². The maximum Gasteiger partial charge on any atom is 0.397 e. The number of unbranched alkanes of at least 4 members (excludes halogenated alkanes) is 4. The average molecular weight is 322 g/mol. The summed E-state index contributed by atoms with van der Waals surface area (Å²) in [6, 6.07) is 0. The second kappa shape index (κ2) is 9.14. The molecule has 0 aromatic heterocycles. The highest BCUT2D eigenvalue weighted by atomic mass is 32.3. The van der Waals surface area contributed by atoms with Crippen molar-refractivity contribution in [1.29, 1.82) is 0 Å². The predicted octanol–water partition coefficient (Wildman–Crippen LogP) is 2.25. The third-order valence-corrected chi connectivity index (χ3v) is 2.61. The zero-order valence-corrected chi connectivity index (χ0v) is 11.5. The summed E-state index contributed by atoms with van der Waals surface area (Å²) in [7, 11) is -4.67. The maximum absolute atomic E-state index is 11.8. The summed E-state index contributed by atoms with van der Waals surface area (Å²) >= 11 is 0. The molecule has 0 rings (SSSR count). The molecule has 0 saturated heterocycles. The van der Waals surface area contributed by atoms with Gasteiger partial charge in [-0.2, -0.15) is 21.6 Å². The van der Waals surface area contributed by atoms with E-state index < -0.39 is 35.6 Å². The second-order valence-electron chi connectivity index (χ2n) is 4.04.